The van der Waals surface area contributed by atoms with Gasteiger partial charge in [-0.3, -0.25) is 4.79 Å². The van der Waals surface area contributed by atoms with E-state index in [1.54, 1.807) is 0 Å². The van der Waals surface area contributed by atoms with Crippen LogP contribution in [0.3, 0.4) is 0 Å². The van der Waals surface area contributed by atoms with Gasteiger partial charge >= 0.3 is 0 Å². The van der Waals surface area contributed by atoms with Crippen LogP contribution in [0.2, 0.25) is 0 Å². The Kier molecular flexibility index (Phi) is 5.97. The van der Waals surface area contributed by atoms with Gasteiger partial charge in [-0.1, -0.05) is 18.2 Å². The molecule has 0 unspecified atom stereocenters. The van der Waals surface area contributed by atoms with E-state index in [0.29, 0.717) is 12.2 Å². The zero-order valence-electron chi connectivity index (χ0n) is 17.7. The fourth-order valence-electron chi connectivity index (χ4n) is 4.47. The van der Waals surface area contributed by atoms with Gasteiger partial charge in [0.25, 0.3) is 5.91 Å². The molecule has 2 aromatic rings. The van der Waals surface area contributed by atoms with Crippen LogP contribution in [-0.2, 0) is 22.7 Å². The third-order valence-corrected chi connectivity index (χ3v) is 7.11. The summed E-state index contributed by atoms with van der Waals surface area (Å²) in [6.45, 7) is 4.23. The molecular weight excluding hydrogens is 400 g/mol. The number of nitrogens with one attached hydrogen (secondary N) is 1. The molecular formula is C22H30N4O3S. The molecule has 7 nitrogen and oxygen atoms in total. The summed E-state index contributed by atoms with van der Waals surface area (Å²) in [5, 5.41) is 7.90. The lowest BCUT2D eigenvalue weighted by molar-refractivity contribution is 0.0906. The molecule has 0 radical (unpaired) electrons. The Balaban J connectivity index is 1.43. The molecule has 1 amide bonds. The number of aromatic nitrogens is 2. The van der Waals surface area contributed by atoms with Crippen LogP contribution in [0.25, 0.3) is 5.69 Å². The molecule has 1 aromatic carbocycles. The van der Waals surface area contributed by atoms with E-state index in [1.165, 1.54) is 6.26 Å². The molecule has 1 N–H and O–H groups in total. The van der Waals surface area contributed by atoms with Crippen LogP contribution in [0.15, 0.2) is 24.3 Å². The molecule has 1 saturated heterocycles. The zero-order valence-corrected chi connectivity index (χ0v) is 18.5. The average Bonchev–Trinajstić information content (AvgIpc) is 3.30. The largest absolute Gasteiger partial charge is 0.348 e. The van der Waals surface area contributed by atoms with Crippen LogP contribution in [0.4, 0.5) is 0 Å². The molecule has 2 heterocycles. The molecule has 8 heteroatoms. The van der Waals surface area contributed by atoms with Crippen molar-refractivity contribution in [3.63, 3.8) is 0 Å². The lowest BCUT2D eigenvalue weighted by atomic mass is 10.0. The van der Waals surface area contributed by atoms with Gasteiger partial charge in [0.1, 0.15) is 9.84 Å². The van der Waals surface area contributed by atoms with Crippen LogP contribution in [0.1, 0.15) is 46.6 Å². The molecule has 0 spiro atoms. The Morgan fingerprint density at radius 2 is 1.93 bits per heavy atom. The van der Waals surface area contributed by atoms with Crippen LogP contribution in [0, 0.1) is 6.92 Å². The van der Waals surface area contributed by atoms with Crippen LogP contribution in [0.5, 0.6) is 0 Å². The molecule has 162 valence electrons. The number of aryl methyl sites for hydroxylation is 1. The predicted octanol–water partition coefficient (Wildman–Crippen LogP) is 1.91. The maximum Gasteiger partial charge on any atom is 0.272 e. The van der Waals surface area contributed by atoms with Gasteiger partial charge in [0.15, 0.2) is 5.69 Å². The van der Waals surface area contributed by atoms with E-state index in [0.717, 1.165) is 67.7 Å². The standard InChI is InChI=1S/C22H30N4O3S/c1-16-6-3-4-8-19(16)26-20-9-5-7-18(20)21(24-26)22(27)23-17-10-12-25(13-11-17)14-15-30(2,28)29/h3-4,6,8,17H,5,7,9-15H2,1-2H3,(H,23,27). The molecule has 2 aliphatic rings. The average molecular weight is 431 g/mol. The van der Waals surface area contributed by atoms with Crippen molar-refractivity contribution >= 4 is 15.7 Å². The number of likely N-dealkylation sites (tertiary alicyclic amines) is 1. The monoisotopic (exact) mass is 430 g/mol. The number of benzene rings is 1. The summed E-state index contributed by atoms with van der Waals surface area (Å²) in [5.41, 5.74) is 4.98. The number of rotatable bonds is 6. The number of nitrogens with zero attached hydrogens (tertiary/aromatic N) is 3. The Morgan fingerprint density at radius 3 is 2.63 bits per heavy atom. The Morgan fingerprint density at radius 1 is 1.20 bits per heavy atom. The van der Waals surface area contributed by atoms with E-state index in [4.69, 9.17) is 5.10 Å². The molecule has 0 bridgehead atoms. The number of hydrogen-bond donors (Lipinski definition) is 1. The third-order valence-electron chi connectivity index (χ3n) is 6.19. The number of carbonyl (C=O) groups excluding carboxylic acids is 1. The van der Waals surface area contributed by atoms with Crippen molar-refractivity contribution in [3.8, 4) is 5.69 Å². The number of para-hydroxylation sites is 1. The number of sulfone groups is 1. The first kappa shape index (κ1) is 21.1. The van der Waals surface area contributed by atoms with E-state index < -0.39 is 9.84 Å². The maximum absolute atomic E-state index is 13.1. The van der Waals surface area contributed by atoms with Crippen molar-refractivity contribution in [1.82, 2.24) is 20.0 Å². The second-order valence-corrected chi connectivity index (χ2v) is 10.8. The third kappa shape index (κ3) is 4.59. The van der Waals surface area contributed by atoms with Gasteiger partial charge in [-0.15, -0.1) is 0 Å². The maximum atomic E-state index is 13.1. The van der Waals surface area contributed by atoms with Crippen molar-refractivity contribution in [2.45, 2.75) is 45.1 Å². The summed E-state index contributed by atoms with van der Waals surface area (Å²) >= 11 is 0. The van der Waals surface area contributed by atoms with Crippen molar-refractivity contribution < 1.29 is 13.2 Å². The minimum Gasteiger partial charge on any atom is -0.348 e. The fraction of sp³-hybridized carbons (Fsp3) is 0.545. The highest BCUT2D eigenvalue weighted by Gasteiger charge is 2.29. The van der Waals surface area contributed by atoms with Crippen molar-refractivity contribution in [3.05, 3.63) is 46.8 Å². The normalized spacial score (nSPS) is 17.8. The fourth-order valence-corrected chi connectivity index (χ4v) is 5.06. The van der Waals surface area contributed by atoms with E-state index in [2.05, 4.69) is 29.3 Å². The van der Waals surface area contributed by atoms with Gasteiger partial charge in [-0.2, -0.15) is 5.10 Å². The van der Waals surface area contributed by atoms with Crippen LogP contribution >= 0.6 is 0 Å². The SMILES string of the molecule is Cc1ccccc1-n1nc(C(=O)NC2CCN(CCS(C)(=O)=O)CC2)c2c1CCC2. The number of amides is 1. The van der Waals surface area contributed by atoms with Gasteiger partial charge in [-0.05, 0) is 50.7 Å². The first-order valence-electron chi connectivity index (χ1n) is 10.7. The second kappa shape index (κ2) is 8.51. The smallest absolute Gasteiger partial charge is 0.272 e. The lowest BCUT2D eigenvalue weighted by Gasteiger charge is -2.32. The molecule has 1 fully saturated rings. The number of carbonyl (C=O) groups is 1. The quantitative estimate of drug-likeness (QED) is 0.757. The highest BCUT2D eigenvalue weighted by Crippen LogP contribution is 2.29. The number of fused-ring (bicyclic) bond motifs is 1. The summed E-state index contributed by atoms with van der Waals surface area (Å²) in [4.78, 5) is 15.2. The number of hydrogen-bond acceptors (Lipinski definition) is 5. The predicted molar refractivity (Wildman–Crippen MR) is 117 cm³/mol. The first-order valence-corrected chi connectivity index (χ1v) is 12.8. The topological polar surface area (TPSA) is 84.3 Å². The zero-order chi connectivity index (χ0) is 21.3. The van der Waals surface area contributed by atoms with Crippen molar-refractivity contribution in [2.24, 2.45) is 0 Å². The van der Waals surface area contributed by atoms with E-state index in [-0.39, 0.29) is 17.7 Å². The Labute approximate surface area is 178 Å². The highest BCUT2D eigenvalue weighted by atomic mass is 32.2. The van der Waals surface area contributed by atoms with Gasteiger partial charge in [-0.25, -0.2) is 13.1 Å². The van der Waals surface area contributed by atoms with Gasteiger partial charge < -0.3 is 10.2 Å². The minimum absolute atomic E-state index is 0.0879. The van der Waals surface area contributed by atoms with Gasteiger partial charge in [0.2, 0.25) is 0 Å². The van der Waals surface area contributed by atoms with Gasteiger partial charge in [0.05, 0.1) is 11.4 Å². The van der Waals surface area contributed by atoms with Crippen LogP contribution < -0.4 is 5.32 Å². The summed E-state index contributed by atoms with van der Waals surface area (Å²) in [7, 11) is -2.94. The molecule has 1 aliphatic heterocycles. The molecule has 30 heavy (non-hydrogen) atoms. The minimum atomic E-state index is -2.94. The molecule has 0 saturated carbocycles. The molecule has 4 rings (SSSR count). The second-order valence-electron chi connectivity index (χ2n) is 8.54. The van der Waals surface area contributed by atoms with E-state index in [9.17, 15) is 13.2 Å². The van der Waals surface area contributed by atoms with Crippen molar-refractivity contribution in [2.75, 3.05) is 31.6 Å². The molecule has 1 aliphatic carbocycles. The summed E-state index contributed by atoms with van der Waals surface area (Å²) in [6, 6.07) is 8.23. The van der Waals surface area contributed by atoms with Crippen molar-refractivity contribution in [1.29, 1.82) is 0 Å². The highest BCUT2D eigenvalue weighted by molar-refractivity contribution is 7.90. The van der Waals surface area contributed by atoms with Gasteiger partial charge in [0, 0.05) is 43.2 Å². The van der Waals surface area contributed by atoms with Crippen LogP contribution in [-0.4, -0.2) is 66.7 Å². The molecule has 1 aromatic heterocycles. The number of piperidine rings is 1. The molecule has 0 atom stereocenters. The van der Waals surface area contributed by atoms with E-state index in [1.807, 2.05) is 16.8 Å². The summed E-state index contributed by atoms with van der Waals surface area (Å²) in [5.74, 6) is 0.0991. The van der Waals surface area contributed by atoms with E-state index >= 15 is 0 Å². The Bertz CT molecular complexity index is 1040. The Hall–Kier alpha value is -2.19. The summed E-state index contributed by atoms with van der Waals surface area (Å²) < 4.78 is 24.7. The lowest BCUT2D eigenvalue weighted by Crippen LogP contribution is -2.45. The first-order chi connectivity index (χ1) is 14.3. The summed E-state index contributed by atoms with van der Waals surface area (Å²) in [6.07, 6.45) is 5.83.